The Kier molecular flexibility index (Phi) is 4.74. The molecule has 0 saturated carbocycles. The summed E-state index contributed by atoms with van der Waals surface area (Å²) >= 11 is 0. The molecule has 0 aliphatic heterocycles. The highest BCUT2D eigenvalue weighted by Gasteiger charge is 2.11. The summed E-state index contributed by atoms with van der Waals surface area (Å²) in [6.45, 7) is 6.45. The summed E-state index contributed by atoms with van der Waals surface area (Å²) in [5.41, 5.74) is 2.37. The van der Waals surface area contributed by atoms with Crippen molar-refractivity contribution >= 4 is 0 Å². The van der Waals surface area contributed by atoms with Gasteiger partial charge in [-0.2, -0.15) is 0 Å². The van der Waals surface area contributed by atoms with Gasteiger partial charge in [0.25, 0.3) is 0 Å². The van der Waals surface area contributed by atoms with Crippen LogP contribution in [0.15, 0.2) is 42.6 Å². The lowest BCUT2D eigenvalue weighted by Gasteiger charge is -2.15. The number of pyridine rings is 1. The number of nitrogens with one attached hydrogen (secondary N) is 1. The van der Waals surface area contributed by atoms with E-state index in [1.807, 2.05) is 31.3 Å². The molecule has 1 unspecified atom stereocenters. The first-order valence-corrected chi connectivity index (χ1v) is 7.01. The maximum Gasteiger partial charge on any atom is 0.223 e. The van der Waals surface area contributed by atoms with Crippen LogP contribution in [0.25, 0.3) is 0 Å². The molecule has 0 spiro atoms. The van der Waals surface area contributed by atoms with Gasteiger partial charge in [-0.05, 0) is 43.7 Å². The largest absolute Gasteiger partial charge is 0.439 e. The van der Waals surface area contributed by atoms with Crippen molar-refractivity contribution in [1.82, 2.24) is 10.3 Å². The van der Waals surface area contributed by atoms with Crippen LogP contribution in [0.1, 0.15) is 43.9 Å². The van der Waals surface area contributed by atoms with E-state index >= 15 is 0 Å². The number of benzene rings is 1. The molecule has 0 bridgehead atoms. The summed E-state index contributed by atoms with van der Waals surface area (Å²) in [6, 6.07) is 12.4. The fraction of sp³-hybridized carbons (Fsp3) is 0.353. The third kappa shape index (κ3) is 3.36. The number of aromatic nitrogens is 1. The molecule has 2 rings (SSSR count). The Labute approximate surface area is 121 Å². The minimum Gasteiger partial charge on any atom is -0.439 e. The molecule has 1 atom stereocenters. The summed E-state index contributed by atoms with van der Waals surface area (Å²) in [4.78, 5) is 4.34. The van der Waals surface area contributed by atoms with E-state index < -0.39 is 0 Å². The SMILES string of the molecule is CNC(C)c1cccnc1Oc1ccc(C(C)C)cc1. The Balaban J connectivity index is 2.21. The molecular weight excluding hydrogens is 248 g/mol. The van der Waals surface area contributed by atoms with Gasteiger partial charge in [-0.1, -0.05) is 32.0 Å². The summed E-state index contributed by atoms with van der Waals surface area (Å²) in [6.07, 6.45) is 1.75. The second-order valence-corrected chi connectivity index (χ2v) is 5.23. The van der Waals surface area contributed by atoms with Gasteiger partial charge in [-0.3, -0.25) is 0 Å². The molecule has 1 heterocycles. The average Bonchev–Trinajstić information content (AvgIpc) is 2.47. The van der Waals surface area contributed by atoms with Crippen molar-refractivity contribution in [3.8, 4) is 11.6 Å². The lowest BCUT2D eigenvalue weighted by Crippen LogP contribution is -2.13. The van der Waals surface area contributed by atoms with Crippen LogP contribution < -0.4 is 10.1 Å². The highest BCUT2D eigenvalue weighted by Crippen LogP contribution is 2.28. The van der Waals surface area contributed by atoms with Crippen LogP contribution in [0.3, 0.4) is 0 Å². The summed E-state index contributed by atoms with van der Waals surface area (Å²) < 4.78 is 5.92. The molecule has 0 radical (unpaired) electrons. The molecule has 0 amide bonds. The summed E-state index contributed by atoms with van der Waals surface area (Å²) in [7, 11) is 1.93. The van der Waals surface area contributed by atoms with Crippen LogP contribution in [0.2, 0.25) is 0 Å². The topological polar surface area (TPSA) is 34.2 Å². The fourth-order valence-electron chi connectivity index (χ4n) is 2.01. The highest BCUT2D eigenvalue weighted by atomic mass is 16.5. The van der Waals surface area contributed by atoms with E-state index in [9.17, 15) is 0 Å². The molecule has 2 aromatic rings. The van der Waals surface area contributed by atoms with Crippen molar-refractivity contribution < 1.29 is 4.74 Å². The van der Waals surface area contributed by atoms with Crippen LogP contribution in [0.4, 0.5) is 0 Å². The lowest BCUT2D eigenvalue weighted by atomic mass is 10.0. The summed E-state index contributed by atoms with van der Waals surface area (Å²) in [5.74, 6) is 2.00. The normalized spacial score (nSPS) is 12.4. The van der Waals surface area contributed by atoms with Gasteiger partial charge in [0.2, 0.25) is 5.88 Å². The van der Waals surface area contributed by atoms with Gasteiger partial charge in [0.05, 0.1) is 0 Å². The number of hydrogen-bond acceptors (Lipinski definition) is 3. The van der Waals surface area contributed by atoms with E-state index in [2.05, 4.69) is 43.2 Å². The quantitative estimate of drug-likeness (QED) is 0.880. The Hall–Kier alpha value is -1.87. The zero-order valence-electron chi connectivity index (χ0n) is 12.6. The number of nitrogens with zero attached hydrogens (tertiary/aromatic N) is 1. The van der Waals surface area contributed by atoms with Crippen LogP contribution in [-0.2, 0) is 0 Å². The van der Waals surface area contributed by atoms with Gasteiger partial charge >= 0.3 is 0 Å². The zero-order valence-corrected chi connectivity index (χ0v) is 12.6. The van der Waals surface area contributed by atoms with E-state index in [4.69, 9.17) is 4.74 Å². The molecule has 0 saturated heterocycles. The van der Waals surface area contributed by atoms with Crippen molar-refractivity contribution in [3.63, 3.8) is 0 Å². The monoisotopic (exact) mass is 270 g/mol. The molecule has 106 valence electrons. The standard InChI is InChI=1S/C17H22N2O/c1-12(2)14-7-9-15(10-8-14)20-17-16(13(3)18-4)6-5-11-19-17/h5-13,18H,1-4H3. The zero-order chi connectivity index (χ0) is 14.5. The van der Waals surface area contributed by atoms with Gasteiger partial charge in [0, 0.05) is 17.8 Å². The Morgan fingerprint density at radius 3 is 2.35 bits per heavy atom. The first-order valence-electron chi connectivity index (χ1n) is 7.01. The molecule has 1 aromatic heterocycles. The lowest BCUT2D eigenvalue weighted by molar-refractivity contribution is 0.446. The molecular formula is C17H22N2O. The van der Waals surface area contributed by atoms with E-state index in [-0.39, 0.29) is 6.04 Å². The molecule has 0 aliphatic carbocycles. The van der Waals surface area contributed by atoms with Crippen molar-refractivity contribution in [2.24, 2.45) is 0 Å². The molecule has 0 fully saturated rings. The maximum atomic E-state index is 5.92. The van der Waals surface area contributed by atoms with Gasteiger partial charge in [-0.15, -0.1) is 0 Å². The van der Waals surface area contributed by atoms with Crippen molar-refractivity contribution in [3.05, 3.63) is 53.7 Å². The van der Waals surface area contributed by atoms with E-state index in [0.717, 1.165) is 11.3 Å². The van der Waals surface area contributed by atoms with Gasteiger partial charge in [0.15, 0.2) is 0 Å². The number of rotatable bonds is 5. The third-order valence-electron chi connectivity index (χ3n) is 3.46. The highest BCUT2D eigenvalue weighted by molar-refractivity contribution is 5.35. The number of ether oxygens (including phenoxy) is 1. The molecule has 20 heavy (non-hydrogen) atoms. The fourth-order valence-corrected chi connectivity index (χ4v) is 2.01. The number of hydrogen-bond donors (Lipinski definition) is 1. The molecule has 1 N–H and O–H groups in total. The van der Waals surface area contributed by atoms with Gasteiger partial charge < -0.3 is 10.1 Å². The Bertz CT molecular complexity index is 549. The van der Waals surface area contributed by atoms with Crippen LogP contribution in [-0.4, -0.2) is 12.0 Å². The van der Waals surface area contributed by atoms with Crippen molar-refractivity contribution in [1.29, 1.82) is 0 Å². The maximum absolute atomic E-state index is 5.92. The van der Waals surface area contributed by atoms with E-state index in [0.29, 0.717) is 11.8 Å². The predicted molar refractivity (Wildman–Crippen MR) is 82.3 cm³/mol. The minimum atomic E-state index is 0.202. The molecule has 3 nitrogen and oxygen atoms in total. The Morgan fingerprint density at radius 1 is 1.05 bits per heavy atom. The molecule has 3 heteroatoms. The molecule has 0 aliphatic rings. The second kappa shape index (κ2) is 6.53. The predicted octanol–water partition coefficient (Wildman–Crippen LogP) is 4.28. The summed E-state index contributed by atoms with van der Waals surface area (Å²) in [5, 5.41) is 3.21. The minimum absolute atomic E-state index is 0.202. The second-order valence-electron chi connectivity index (χ2n) is 5.23. The average molecular weight is 270 g/mol. The van der Waals surface area contributed by atoms with Crippen molar-refractivity contribution in [2.45, 2.75) is 32.7 Å². The van der Waals surface area contributed by atoms with E-state index in [1.54, 1.807) is 6.20 Å². The smallest absolute Gasteiger partial charge is 0.223 e. The van der Waals surface area contributed by atoms with Crippen LogP contribution in [0.5, 0.6) is 11.6 Å². The molecule has 1 aromatic carbocycles. The Morgan fingerprint density at radius 2 is 1.75 bits per heavy atom. The van der Waals surface area contributed by atoms with E-state index in [1.165, 1.54) is 5.56 Å². The van der Waals surface area contributed by atoms with Gasteiger partial charge in [-0.25, -0.2) is 4.98 Å². The van der Waals surface area contributed by atoms with Gasteiger partial charge in [0.1, 0.15) is 5.75 Å². The van der Waals surface area contributed by atoms with Crippen LogP contribution >= 0.6 is 0 Å². The first kappa shape index (κ1) is 14.5. The first-order chi connectivity index (χ1) is 9.61. The van der Waals surface area contributed by atoms with Crippen LogP contribution in [0, 0.1) is 0 Å². The van der Waals surface area contributed by atoms with Crippen molar-refractivity contribution in [2.75, 3.05) is 7.05 Å². The third-order valence-corrected chi connectivity index (χ3v) is 3.46.